The van der Waals surface area contributed by atoms with Crippen molar-refractivity contribution in [1.82, 2.24) is 14.6 Å². The lowest BCUT2D eigenvalue weighted by Crippen LogP contribution is -2.23. The Kier molecular flexibility index (Phi) is 2.54. The maximum absolute atomic E-state index is 12.2. The molecular weight excluding hydrogens is 294 g/mol. The number of nitrogens with zero attached hydrogens (tertiary/aromatic N) is 3. The zero-order valence-electron chi connectivity index (χ0n) is 10.0. The summed E-state index contributed by atoms with van der Waals surface area (Å²) in [7, 11) is 0. The first-order valence-corrected chi connectivity index (χ1v) is 7.49. The molecule has 0 unspecified atom stereocenters. The average Bonchev–Trinajstić information content (AvgIpc) is 3.19. The Morgan fingerprint density at radius 1 is 1.30 bits per heavy atom. The number of thiazole rings is 1. The molecule has 4 aromatic rings. The molecule has 0 saturated carbocycles. The van der Waals surface area contributed by atoms with Gasteiger partial charge in [0.1, 0.15) is 10.3 Å². The molecule has 20 heavy (non-hydrogen) atoms. The summed E-state index contributed by atoms with van der Waals surface area (Å²) in [5.74, 6) is 1.23. The van der Waals surface area contributed by atoms with Gasteiger partial charge in [-0.3, -0.25) is 4.79 Å². The van der Waals surface area contributed by atoms with Crippen LogP contribution in [0.3, 0.4) is 0 Å². The van der Waals surface area contributed by atoms with Crippen LogP contribution in [0.25, 0.3) is 21.7 Å². The second-order valence-electron chi connectivity index (χ2n) is 4.04. The Hall–Kier alpha value is -2.25. The first kappa shape index (κ1) is 11.6. The van der Waals surface area contributed by atoms with E-state index in [2.05, 4.69) is 10.1 Å². The third-order valence-electron chi connectivity index (χ3n) is 2.74. The van der Waals surface area contributed by atoms with Gasteiger partial charge in [0.05, 0.1) is 11.1 Å². The largest absolute Gasteiger partial charge is 0.465 e. The van der Waals surface area contributed by atoms with E-state index in [-0.39, 0.29) is 5.56 Å². The van der Waals surface area contributed by atoms with Gasteiger partial charge in [0.2, 0.25) is 4.96 Å². The van der Waals surface area contributed by atoms with Gasteiger partial charge in [0, 0.05) is 6.08 Å². The predicted octanol–water partition coefficient (Wildman–Crippen LogP) is 2.02. The van der Waals surface area contributed by atoms with E-state index in [9.17, 15) is 4.79 Å². The lowest BCUT2D eigenvalue weighted by atomic mass is 10.4. The van der Waals surface area contributed by atoms with Crippen molar-refractivity contribution in [3.05, 3.63) is 56.6 Å². The molecule has 98 valence electrons. The first-order chi connectivity index (χ1) is 9.81. The van der Waals surface area contributed by atoms with Crippen molar-refractivity contribution < 1.29 is 4.42 Å². The van der Waals surface area contributed by atoms with Crippen LogP contribution in [0, 0.1) is 0 Å². The normalized spacial score (nSPS) is 12.5. The minimum atomic E-state index is -0.170. The molecule has 7 heteroatoms. The van der Waals surface area contributed by atoms with Crippen molar-refractivity contribution in [3.8, 4) is 10.7 Å². The van der Waals surface area contributed by atoms with Crippen molar-refractivity contribution in [2.75, 3.05) is 0 Å². The highest BCUT2D eigenvalue weighted by atomic mass is 32.1. The molecule has 4 aromatic heterocycles. The van der Waals surface area contributed by atoms with Gasteiger partial charge < -0.3 is 4.42 Å². The molecule has 0 aliphatic heterocycles. The number of hydrogen-bond acceptors (Lipinski definition) is 6. The summed E-state index contributed by atoms with van der Waals surface area (Å²) >= 11 is 2.86. The molecule has 0 bridgehead atoms. The lowest BCUT2D eigenvalue weighted by molar-refractivity contribution is 0.556. The van der Waals surface area contributed by atoms with Crippen LogP contribution in [0.4, 0.5) is 0 Å². The van der Waals surface area contributed by atoms with Gasteiger partial charge in [-0.25, -0.2) is 0 Å². The van der Waals surface area contributed by atoms with Crippen LogP contribution in [0.15, 0.2) is 45.1 Å². The molecule has 4 rings (SSSR count). The quantitative estimate of drug-likeness (QED) is 0.568. The zero-order valence-corrected chi connectivity index (χ0v) is 11.6. The van der Waals surface area contributed by atoms with Gasteiger partial charge >= 0.3 is 0 Å². The van der Waals surface area contributed by atoms with Gasteiger partial charge in [0.15, 0.2) is 5.82 Å². The van der Waals surface area contributed by atoms with Crippen LogP contribution >= 0.6 is 22.7 Å². The lowest BCUT2D eigenvalue weighted by Gasteiger charge is -1.84. The Balaban J connectivity index is 1.90. The molecular formula is C13H7N3O2S2. The fourth-order valence-corrected chi connectivity index (χ4v) is 3.39. The second kappa shape index (κ2) is 4.39. The van der Waals surface area contributed by atoms with Gasteiger partial charge in [-0.15, -0.1) is 16.4 Å². The van der Waals surface area contributed by atoms with E-state index in [1.54, 1.807) is 35.8 Å². The van der Waals surface area contributed by atoms with E-state index >= 15 is 0 Å². The van der Waals surface area contributed by atoms with Gasteiger partial charge in [-0.1, -0.05) is 17.4 Å². The maximum atomic E-state index is 12.2. The molecule has 4 heterocycles. The molecule has 0 fully saturated rings. The van der Waals surface area contributed by atoms with Crippen molar-refractivity contribution in [3.63, 3.8) is 0 Å². The molecule has 5 nitrogen and oxygen atoms in total. The molecule has 0 aliphatic rings. The van der Waals surface area contributed by atoms with Crippen LogP contribution in [0.1, 0.15) is 5.76 Å². The monoisotopic (exact) mass is 301 g/mol. The second-order valence-corrected chi connectivity index (χ2v) is 6.00. The summed E-state index contributed by atoms with van der Waals surface area (Å²) in [5, 5.41) is 6.22. The van der Waals surface area contributed by atoms with E-state index < -0.39 is 0 Å². The molecule has 0 saturated heterocycles. The highest BCUT2D eigenvalue weighted by Gasteiger charge is 2.12. The van der Waals surface area contributed by atoms with E-state index in [1.807, 2.05) is 17.5 Å². The standard InChI is InChI=1S/C13H7N3O2S2/c17-12-10(7-8-3-1-5-18-8)20-13-14-11(15-16(12)13)9-4-2-6-19-9/h1-7H. The molecule has 0 N–H and O–H groups in total. The summed E-state index contributed by atoms with van der Waals surface area (Å²) in [5.41, 5.74) is -0.170. The Morgan fingerprint density at radius 3 is 2.95 bits per heavy atom. The molecule has 0 radical (unpaired) electrons. The van der Waals surface area contributed by atoms with E-state index in [0.29, 0.717) is 21.1 Å². The maximum Gasteiger partial charge on any atom is 0.291 e. The van der Waals surface area contributed by atoms with Crippen LogP contribution in [-0.2, 0) is 0 Å². The summed E-state index contributed by atoms with van der Waals surface area (Å²) in [4.78, 5) is 18.2. The third-order valence-corrected chi connectivity index (χ3v) is 4.56. The Morgan fingerprint density at radius 2 is 2.25 bits per heavy atom. The number of thiophene rings is 1. The van der Waals surface area contributed by atoms with E-state index in [1.165, 1.54) is 15.9 Å². The number of fused-ring (bicyclic) bond motifs is 1. The van der Waals surface area contributed by atoms with Crippen molar-refractivity contribution in [1.29, 1.82) is 0 Å². The molecule has 0 atom stereocenters. The molecule has 0 amide bonds. The third kappa shape index (κ3) is 1.79. The highest BCUT2D eigenvalue weighted by Crippen LogP contribution is 2.21. The number of furan rings is 1. The van der Waals surface area contributed by atoms with E-state index in [4.69, 9.17) is 4.42 Å². The van der Waals surface area contributed by atoms with Crippen LogP contribution in [0.2, 0.25) is 0 Å². The summed E-state index contributed by atoms with van der Waals surface area (Å²) in [6, 6.07) is 7.45. The molecule has 0 aliphatic carbocycles. The van der Waals surface area contributed by atoms with E-state index in [0.717, 1.165) is 4.88 Å². The van der Waals surface area contributed by atoms with Gasteiger partial charge in [-0.2, -0.15) is 9.50 Å². The van der Waals surface area contributed by atoms with Crippen LogP contribution < -0.4 is 10.1 Å². The summed E-state index contributed by atoms with van der Waals surface area (Å²) in [6.45, 7) is 0. The van der Waals surface area contributed by atoms with Crippen molar-refractivity contribution in [2.24, 2.45) is 0 Å². The van der Waals surface area contributed by atoms with Crippen molar-refractivity contribution >= 4 is 33.7 Å². The first-order valence-electron chi connectivity index (χ1n) is 5.80. The van der Waals surface area contributed by atoms with Crippen LogP contribution in [-0.4, -0.2) is 14.6 Å². The Bertz CT molecular complexity index is 965. The van der Waals surface area contributed by atoms with Crippen molar-refractivity contribution in [2.45, 2.75) is 0 Å². The number of aromatic nitrogens is 3. The average molecular weight is 301 g/mol. The van der Waals surface area contributed by atoms with Crippen LogP contribution in [0.5, 0.6) is 0 Å². The molecule has 0 spiro atoms. The highest BCUT2D eigenvalue weighted by molar-refractivity contribution is 7.15. The summed E-state index contributed by atoms with van der Waals surface area (Å²) in [6.07, 6.45) is 3.27. The SMILES string of the molecule is O=c1c(=Cc2ccco2)sc2nc(-c3cccs3)nn12. The van der Waals surface area contributed by atoms with Gasteiger partial charge in [0.25, 0.3) is 5.56 Å². The fraction of sp³-hybridized carbons (Fsp3) is 0. The summed E-state index contributed by atoms with van der Waals surface area (Å²) < 4.78 is 7.12. The fourth-order valence-electron chi connectivity index (χ4n) is 1.85. The topological polar surface area (TPSA) is 60.4 Å². The Labute approximate surface area is 120 Å². The minimum absolute atomic E-state index is 0.170. The zero-order chi connectivity index (χ0) is 13.5. The van der Waals surface area contributed by atoms with Gasteiger partial charge in [-0.05, 0) is 23.6 Å². The minimum Gasteiger partial charge on any atom is -0.465 e. The number of rotatable bonds is 2. The smallest absolute Gasteiger partial charge is 0.291 e. The number of hydrogen-bond donors (Lipinski definition) is 0. The molecule has 0 aromatic carbocycles. The predicted molar refractivity (Wildman–Crippen MR) is 77.9 cm³/mol.